The van der Waals surface area contributed by atoms with Gasteiger partial charge in [-0.05, 0) is 53.3 Å². The highest BCUT2D eigenvalue weighted by atomic mass is 127. The number of hydrogen-bond acceptors (Lipinski definition) is 1. The van der Waals surface area contributed by atoms with E-state index in [1.165, 1.54) is 16.4 Å². The van der Waals surface area contributed by atoms with E-state index in [1.54, 1.807) is 0 Å². The summed E-state index contributed by atoms with van der Waals surface area (Å²) in [6.45, 7) is 2.17. The molecule has 16 heavy (non-hydrogen) atoms. The number of benzene rings is 1. The van der Waals surface area contributed by atoms with E-state index in [-0.39, 0.29) is 5.91 Å². The molecule has 2 nitrogen and oxygen atoms in total. The number of hydrogen-bond donors (Lipinski definition) is 1. The fourth-order valence-electron chi connectivity index (χ4n) is 1.47. The standard InChI is InChI=1S/C13H18INO/c1-2-3-4-5-6-13(16)15-12-9-7-11(14)8-10-12/h7-10H,2-6H2,1H3,(H,15,16). The SMILES string of the molecule is CCCCCCC(=O)Nc1ccc(I)cc1. The van der Waals surface area contributed by atoms with Crippen LogP contribution in [-0.4, -0.2) is 5.91 Å². The van der Waals surface area contributed by atoms with Crippen molar-refractivity contribution in [3.63, 3.8) is 0 Å². The number of nitrogens with one attached hydrogen (secondary N) is 1. The van der Waals surface area contributed by atoms with Gasteiger partial charge in [-0.3, -0.25) is 4.79 Å². The average Bonchev–Trinajstić information content (AvgIpc) is 2.28. The minimum Gasteiger partial charge on any atom is -0.326 e. The first-order valence-electron chi connectivity index (χ1n) is 5.78. The topological polar surface area (TPSA) is 29.1 Å². The van der Waals surface area contributed by atoms with Crippen LogP contribution in [0.2, 0.25) is 0 Å². The van der Waals surface area contributed by atoms with Gasteiger partial charge in [-0.25, -0.2) is 0 Å². The monoisotopic (exact) mass is 331 g/mol. The molecule has 88 valence electrons. The molecule has 0 bridgehead atoms. The molecular formula is C13H18INO. The predicted octanol–water partition coefficient (Wildman–Crippen LogP) is 4.20. The molecule has 1 amide bonds. The molecule has 1 aromatic carbocycles. The summed E-state index contributed by atoms with van der Waals surface area (Å²) in [7, 11) is 0. The van der Waals surface area contributed by atoms with Crippen molar-refractivity contribution < 1.29 is 4.79 Å². The zero-order valence-electron chi connectivity index (χ0n) is 9.63. The lowest BCUT2D eigenvalue weighted by atomic mass is 10.1. The van der Waals surface area contributed by atoms with Crippen LogP contribution in [0.1, 0.15) is 39.0 Å². The van der Waals surface area contributed by atoms with Crippen LogP contribution in [0.4, 0.5) is 5.69 Å². The molecule has 0 aliphatic rings. The van der Waals surface area contributed by atoms with Gasteiger partial charge in [-0.2, -0.15) is 0 Å². The summed E-state index contributed by atoms with van der Waals surface area (Å²) in [4.78, 5) is 11.5. The van der Waals surface area contributed by atoms with Gasteiger partial charge in [0.15, 0.2) is 0 Å². The lowest BCUT2D eigenvalue weighted by Crippen LogP contribution is -2.10. The summed E-state index contributed by atoms with van der Waals surface area (Å²) in [5.41, 5.74) is 0.890. The van der Waals surface area contributed by atoms with Crippen LogP contribution >= 0.6 is 22.6 Å². The Morgan fingerprint density at radius 1 is 1.19 bits per heavy atom. The molecule has 0 aliphatic heterocycles. The average molecular weight is 331 g/mol. The maximum absolute atomic E-state index is 11.5. The van der Waals surface area contributed by atoms with Crippen molar-refractivity contribution in [1.29, 1.82) is 0 Å². The molecule has 1 rings (SSSR count). The van der Waals surface area contributed by atoms with Crippen LogP contribution in [0.15, 0.2) is 24.3 Å². The van der Waals surface area contributed by atoms with Crippen LogP contribution < -0.4 is 5.32 Å². The second-order valence-electron chi connectivity index (χ2n) is 3.87. The Bertz CT molecular complexity index is 321. The van der Waals surface area contributed by atoms with Gasteiger partial charge < -0.3 is 5.32 Å². The largest absolute Gasteiger partial charge is 0.326 e. The van der Waals surface area contributed by atoms with Gasteiger partial charge in [0.25, 0.3) is 0 Å². The minimum atomic E-state index is 0.123. The summed E-state index contributed by atoms with van der Waals surface area (Å²) in [5, 5.41) is 2.90. The molecular weight excluding hydrogens is 313 g/mol. The second-order valence-corrected chi connectivity index (χ2v) is 5.11. The summed E-state index contributed by atoms with van der Waals surface area (Å²) in [5.74, 6) is 0.123. The van der Waals surface area contributed by atoms with Crippen molar-refractivity contribution in [1.82, 2.24) is 0 Å². The third kappa shape index (κ3) is 5.49. The van der Waals surface area contributed by atoms with Crippen LogP contribution in [0, 0.1) is 3.57 Å². The number of carbonyl (C=O) groups is 1. The van der Waals surface area contributed by atoms with E-state index in [0.29, 0.717) is 6.42 Å². The van der Waals surface area contributed by atoms with E-state index >= 15 is 0 Å². The van der Waals surface area contributed by atoms with Crippen molar-refractivity contribution in [2.45, 2.75) is 39.0 Å². The zero-order valence-corrected chi connectivity index (χ0v) is 11.8. The van der Waals surface area contributed by atoms with Crippen molar-refractivity contribution in [2.24, 2.45) is 0 Å². The Balaban J connectivity index is 2.26. The smallest absolute Gasteiger partial charge is 0.224 e. The quantitative estimate of drug-likeness (QED) is 0.614. The molecule has 1 aromatic rings. The van der Waals surface area contributed by atoms with E-state index in [4.69, 9.17) is 0 Å². The van der Waals surface area contributed by atoms with Crippen LogP contribution in [0.3, 0.4) is 0 Å². The Morgan fingerprint density at radius 3 is 2.50 bits per heavy atom. The van der Waals surface area contributed by atoms with Crippen molar-refractivity contribution in [3.8, 4) is 0 Å². The van der Waals surface area contributed by atoms with E-state index < -0.39 is 0 Å². The lowest BCUT2D eigenvalue weighted by molar-refractivity contribution is -0.116. The number of unbranched alkanes of at least 4 members (excludes halogenated alkanes) is 3. The highest BCUT2D eigenvalue weighted by molar-refractivity contribution is 14.1. The van der Waals surface area contributed by atoms with E-state index in [1.807, 2.05) is 24.3 Å². The first-order chi connectivity index (χ1) is 7.72. The number of anilines is 1. The van der Waals surface area contributed by atoms with E-state index in [2.05, 4.69) is 34.8 Å². The molecule has 0 saturated heterocycles. The maximum atomic E-state index is 11.5. The molecule has 0 aliphatic carbocycles. The molecule has 0 radical (unpaired) electrons. The van der Waals surface area contributed by atoms with Crippen LogP contribution in [0.25, 0.3) is 0 Å². The van der Waals surface area contributed by atoms with Gasteiger partial charge in [0, 0.05) is 15.7 Å². The van der Waals surface area contributed by atoms with Gasteiger partial charge in [0.1, 0.15) is 0 Å². The van der Waals surface area contributed by atoms with E-state index in [0.717, 1.165) is 18.5 Å². The summed E-state index contributed by atoms with van der Waals surface area (Å²) >= 11 is 2.25. The van der Waals surface area contributed by atoms with E-state index in [9.17, 15) is 4.79 Å². The fraction of sp³-hybridized carbons (Fsp3) is 0.462. The molecule has 0 saturated carbocycles. The number of rotatable bonds is 6. The molecule has 1 N–H and O–H groups in total. The molecule has 0 heterocycles. The predicted molar refractivity (Wildman–Crippen MR) is 76.5 cm³/mol. The number of halogens is 1. The molecule has 0 spiro atoms. The first kappa shape index (κ1) is 13.5. The highest BCUT2D eigenvalue weighted by Gasteiger charge is 2.01. The second kappa shape index (κ2) is 7.65. The third-order valence-electron chi connectivity index (χ3n) is 2.39. The Labute approximate surface area is 111 Å². The fourth-order valence-corrected chi connectivity index (χ4v) is 1.83. The molecule has 3 heteroatoms. The van der Waals surface area contributed by atoms with Crippen LogP contribution in [-0.2, 0) is 4.79 Å². The van der Waals surface area contributed by atoms with Crippen molar-refractivity contribution >= 4 is 34.2 Å². The van der Waals surface area contributed by atoms with Gasteiger partial charge in [0.2, 0.25) is 5.91 Å². The van der Waals surface area contributed by atoms with Gasteiger partial charge in [-0.1, -0.05) is 26.2 Å². The van der Waals surface area contributed by atoms with Gasteiger partial charge >= 0.3 is 0 Å². The zero-order chi connectivity index (χ0) is 11.8. The number of amides is 1. The summed E-state index contributed by atoms with van der Waals surface area (Å²) < 4.78 is 1.18. The van der Waals surface area contributed by atoms with Crippen molar-refractivity contribution in [2.75, 3.05) is 5.32 Å². The molecule has 0 unspecified atom stereocenters. The summed E-state index contributed by atoms with van der Waals surface area (Å²) in [6, 6.07) is 7.86. The lowest BCUT2D eigenvalue weighted by Gasteiger charge is -2.04. The third-order valence-corrected chi connectivity index (χ3v) is 3.10. The van der Waals surface area contributed by atoms with Crippen LogP contribution in [0.5, 0.6) is 0 Å². The maximum Gasteiger partial charge on any atom is 0.224 e. The normalized spacial score (nSPS) is 10.1. The Morgan fingerprint density at radius 2 is 1.88 bits per heavy atom. The Kier molecular flexibility index (Phi) is 6.45. The van der Waals surface area contributed by atoms with Crippen molar-refractivity contribution in [3.05, 3.63) is 27.8 Å². The Hall–Kier alpha value is -0.580. The number of carbonyl (C=O) groups excluding carboxylic acids is 1. The van der Waals surface area contributed by atoms with Gasteiger partial charge in [0.05, 0.1) is 0 Å². The van der Waals surface area contributed by atoms with Gasteiger partial charge in [-0.15, -0.1) is 0 Å². The molecule has 0 atom stereocenters. The molecule has 0 aromatic heterocycles. The summed E-state index contributed by atoms with van der Waals surface area (Å²) in [6.07, 6.45) is 5.20. The highest BCUT2D eigenvalue weighted by Crippen LogP contribution is 2.12. The molecule has 0 fully saturated rings. The minimum absolute atomic E-state index is 0.123. The first-order valence-corrected chi connectivity index (χ1v) is 6.85.